The molecule has 0 radical (unpaired) electrons. The predicted molar refractivity (Wildman–Crippen MR) is 123 cm³/mol. The summed E-state index contributed by atoms with van der Waals surface area (Å²) in [6.45, 7) is 1.81. The maximum absolute atomic E-state index is 12.7. The van der Waals surface area contributed by atoms with Crippen LogP contribution in [0.15, 0.2) is 75.6 Å². The normalized spacial score (nSPS) is 16.0. The van der Waals surface area contributed by atoms with Crippen LogP contribution in [0.3, 0.4) is 0 Å². The van der Waals surface area contributed by atoms with Gasteiger partial charge in [0.25, 0.3) is 5.91 Å². The van der Waals surface area contributed by atoms with Gasteiger partial charge in [-0.05, 0) is 42.3 Å². The van der Waals surface area contributed by atoms with E-state index in [4.69, 9.17) is 12.2 Å². The highest BCUT2D eigenvalue weighted by Crippen LogP contribution is 2.32. The predicted octanol–water partition coefficient (Wildman–Crippen LogP) is 5.24. The Morgan fingerprint density at radius 2 is 1.96 bits per heavy atom. The number of thiocarbonyl (C=S) groups is 1. The molecule has 1 saturated heterocycles. The number of rotatable bonds is 5. The molecule has 0 unspecified atom stereocenters. The number of amides is 2. The number of allylic oxidation sites excluding steroid dienone is 2. The lowest BCUT2D eigenvalue weighted by molar-refractivity contribution is -0.126. The van der Waals surface area contributed by atoms with Gasteiger partial charge >= 0.3 is 0 Å². The lowest BCUT2D eigenvalue weighted by atomic mass is 10.1. The highest BCUT2D eigenvalue weighted by molar-refractivity contribution is 9.10. The fourth-order valence-corrected chi connectivity index (χ4v) is 4.31. The number of hydrogen-bond acceptors (Lipinski definition) is 4. The van der Waals surface area contributed by atoms with E-state index in [2.05, 4.69) is 21.2 Å². The van der Waals surface area contributed by atoms with Crippen molar-refractivity contribution in [3.05, 3.63) is 81.2 Å². The summed E-state index contributed by atoms with van der Waals surface area (Å²) in [5.41, 5.74) is 2.65. The van der Waals surface area contributed by atoms with Crippen molar-refractivity contribution in [3.63, 3.8) is 0 Å². The number of carbonyl (C=O) groups excluding carboxylic acids is 2. The summed E-state index contributed by atoms with van der Waals surface area (Å²) in [5.74, 6) is -0.549. The van der Waals surface area contributed by atoms with Crippen molar-refractivity contribution in [3.8, 4) is 0 Å². The molecular weight excluding hydrogens is 456 g/mol. The third-order valence-corrected chi connectivity index (χ3v) is 5.71. The van der Waals surface area contributed by atoms with Crippen molar-refractivity contribution in [2.24, 2.45) is 0 Å². The highest BCUT2D eigenvalue weighted by Gasteiger charge is 2.33. The van der Waals surface area contributed by atoms with E-state index in [1.54, 1.807) is 18.2 Å². The summed E-state index contributed by atoms with van der Waals surface area (Å²) in [6, 6.07) is 17.1. The molecule has 0 aromatic heterocycles. The molecule has 28 heavy (non-hydrogen) atoms. The number of hydrogen-bond donors (Lipinski definition) is 1. The molecular formula is C21H17BrN2O2S2. The summed E-state index contributed by atoms with van der Waals surface area (Å²) in [5, 5.41) is 2.78. The van der Waals surface area contributed by atoms with E-state index in [9.17, 15) is 9.59 Å². The van der Waals surface area contributed by atoms with Gasteiger partial charge < -0.3 is 5.32 Å². The first kappa shape index (κ1) is 20.5. The minimum absolute atomic E-state index is 0.115. The van der Waals surface area contributed by atoms with Crippen LogP contribution < -0.4 is 5.32 Å². The van der Waals surface area contributed by atoms with Crippen molar-refractivity contribution in [2.45, 2.75) is 6.92 Å². The van der Waals surface area contributed by atoms with Crippen molar-refractivity contribution in [1.29, 1.82) is 0 Å². The molecule has 1 aliphatic rings. The first-order valence-electron chi connectivity index (χ1n) is 8.46. The molecule has 0 spiro atoms. The van der Waals surface area contributed by atoms with Gasteiger partial charge in [-0.25, -0.2) is 0 Å². The Bertz CT molecular complexity index is 987. The van der Waals surface area contributed by atoms with Crippen LogP contribution in [0.5, 0.6) is 0 Å². The molecule has 2 aromatic carbocycles. The van der Waals surface area contributed by atoms with Gasteiger partial charge in [0.05, 0.1) is 4.91 Å². The highest BCUT2D eigenvalue weighted by atomic mass is 79.9. The van der Waals surface area contributed by atoms with E-state index in [1.165, 1.54) is 16.7 Å². The van der Waals surface area contributed by atoms with Crippen LogP contribution >= 0.6 is 39.9 Å². The summed E-state index contributed by atoms with van der Waals surface area (Å²) in [4.78, 5) is 26.8. The zero-order valence-corrected chi connectivity index (χ0v) is 18.2. The topological polar surface area (TPSA) is 49.4 Å². The molecule has 1 aliphatic heterocycles. The Labute approximate surface area is 181 Å². The molecule has 142 valence electrons. The summed E-state index contributed by atoms with van der Waals surface area (Å²) < 4.78 is 1.24. The van der Waals surface area contributed by atoms with Crippen LogP contribution in [0.25, 0.3) is 6.08 Å². The van der Waals surface area contributed by atoms with Gasteiger partial charge in [0.15, 0.2) is 0 Å². The molecule has 3 rings (SSSR count). The zero-order chi connectivity index (χ0) is 20.1. The van der Waals surface area contributed by atoms with E-state index >= 15 is 0 Å². The van der Waals surface area contributed by atoms with Gasteiger partial charge in [0.2, 0.25) is 5.91 Å². The van der Waals surface area contributed by atoms with Crippen molar-refractivity contribution >= 4 is 67.8 Å². The van der Waals surface area contributed by atoms with Crippen molar-refractivity contribution in [2.75, 3.05) is 11.9 Å². The molecule has 1 N–H and O–H groups in total. The molecule has 0 aliphatic carbocycles. The standard InChI is InChI=1S/C21H17BrN2O2S2/c1-14(10-15-6-3-2-4-7-15)11-18-20(26)24(21(27)28-18)13-19(25)23-17-9-5-8-16(22)12-17/h2-12H,13H2,1H3,(H,23,25). The van der Waals surface area contributed by atoms with E-state index in [0.29, 0.717) is 14.9 Å². The summed E-state index contributed by atoms with van der Waals surface area (Å²) in [6.07, 6.45) is 3.80. The molecule has 0 saturated carbocycles. The monoisotopic (exact) mass is 472 g/mol. The van der Waals surface area contributed by atoms with Crippen LogP contribution in [0.1, 0.15) is 12.5 Å². The maximum atomic E-state index is 12.7. The average molecular weight is 473 g/mol. The Morgan fingerprint density at radius 1 is 1.21 bits per heavy atom. The second-order valence-corrected chi connectivity index (χ2v) is 8.72. The average Bonchev–Trinajstić information content (AvgIpc) is 2.90. The second kappa shape index (κ2) is 9.32. The lowest BCUT2D eigenvalue weighted by Crippen LogP contribution is -2.36. The van der Waals surface area contributed by atoms with Crippen LogP contribution in [0.4, 0.5) is 5.69 Å². The number of anilines is 1. The first-order valence-corrected chi connectivity index (χ1v) is 10.5. The summed E-state index contributed by atoms with van der Waals surface area (Å²) in [7, 11) is 0. The Hall–Kier alpha value is -2.22. The molecule has 1 fully saturated rings. The number of thioether (sulfide) groups is 1. The number of nitrogens with one attached hydrogen (secondary N) is 1. The third kappa shape index (κ3) is 5.41. The van der Waals surface area contributed by atoms with Crippen LogP contribution in [-0.2, 0) is 9.59 Å². The van der Waals surface area contributed by atoms with Crippen molar-refractivity contribution < 1.29 is 9.59 Å². The minimum Gasteiger partial charge on any atom is -0.324 e. The van der Waals surface area contributed by atoms with E-state index in [1.807, 2.05) is 55.5 Å². The Kier molecular flexibility index (Phi) is 6.83. The maximum Gasteiger partial charge on any atom is 0.266 e. The van der Waals surface area contributed by atoms with Crippen LogP contribution in [0.2, 0.25) is 0 Å². The molecule has 2 aromatic rings. The van der Waals surface area contributed by atoms with Gasteiger partial charge in [-0.2, -0.15) is 0 Å². The van der Waals surface area contributed by atoms with Gasteiger partial charge in [0, 0.05) is 10.2 Å². The quantitative estimate of drug-likeness (QED) is 0.477. The Balaban J connectivity index is 1.67. The van der Waals surface area contributed by atoms with Gasteiger partial charge in [-0.15, -0.1) is 0 Å². The molecule has 1 heterocycles. The SMILES string of the molecule is CC(=Cc1ccccc1)C=C1SC(=S)N(CC(=O)Nc2cccc(Br)c2)C1=O. The second-order valence-electron chi connectivity index (χ2n) is 6.13. The number of halogens is 1. The summed E-state index contributed by atoms with van der Waals surface area (Å²) >= 11 is 9.87. The van der Waals surface area contributed by atoms with E-state index in [0.717, 1.165) is 15.6 Å². The fraction of sp³-hybridized carbons (Fsp3) is 0.0952. The molecule has 0 atom stereocenters. The minimum atomic E-state index is -0.299. The van der Waals surface area contributed by atoms with Crippen LogP contribution in [0, 0.1) is 0 Å². The number of nitrogens with zero attached hydrogens (tertiary/aromatic N) is 1. The van der Waals surface area contributed by atoms with Gasteiger partial charge in [-0.3, -0.25) is 14.5 Å². The smallest absolute Gasteiger partial charge is 0.266 e. The van der Waals surface area contributed by atoms with E-state index in [-0.39, 0.29) is 18.4 Å². The number of benzene rings is 2. The lowest BCUT2D eigenvalue weighted by Gasteiger charge is -2.14. The van der Waals surface area contributed by atoms with Crippen molar-refractivity contribution in [1.82, 2.24) is 4.90 Å². The van der Waals surface area contributed by atoms with Gasteiger partial charge in [-0.1, -0.05) is 82.4 Å². The largest absolute Gasteiger partial charge is 0.324 e. The van der Waals surface area contributed by atoms with Crippen LogP contribution in [-0.4, -0.2) is 27.6 Å². The third-order valence-electron chi connectivity index (χ3n) is 3.84. The fourth-order valence-electron chi connectivity index (χ4n) is 2.61. The van der Waals surface area contributed by atoms with Gasteiger partial charge in [0.1, 0.15) is 10.9 Å². The Morgan fingerprint density at radius 3 is 2.68 bits per heavy atom. The first-order chi connectivity index (χ1) is 13.4. The number of carbonyl (C=O) groups is 2. The molecule has 0 bridgehead atoms. The molecule has 2 amide bonds. The molecule has 4 nitrogen and oxygen atoms in total. The zero-order valence-electron chi connectivity index (χ0n) is 15.0. The molecule has 7 heteroatoms. The van der Waals surface area contributed by atoms with E-state index < -0.39 is 0 Å².